The number of carbonyl (C=O) groups is 2. The molecule has 2 N–H and O–H groups in total. The van der Waals surface area contributed by atoms with E-state index in [-0.39, 0.29) is 11.9 Å². The minimum absolute atomic E-state index is 0.0522. The lowest BCUT2D eigenvalue weighted by Crippen LogP contribution is -2.42. The molecule has 112 valence electrons. The first-order valence-corrected chi connectivity index (χ1v) is 7.85. The van der Waals surface area contributed by atoms with Gasteiger partial charge >= 0.3 is 12.0 Å². The van der Waals surface area contributed by atoms with Gasteiger partial charge in [-0.15, -0.1) is 0 Å². The second-order valence-corrected chi connectivity index (χ2v) is 6.77. The Kier molecular flexibility index (Phi) is 3.38. The van der Waals surface area contributed by atoms with Gasteiger partial charge in [-0.1, -0.05) is 19.8 Å². The third-order valence-corrected chi connectivity index (χ3v) is 5.47. The van der Waals surface area contributed by atoms with Crippen molar-refractivity contribution in [2.45, 2.75) is 51.5 Å². The van der Waals surface area contributed by atoms with Gasteiger partial charge in [0.25, 0.3) is 0 Å². The molecule has 3 aliphatic rings. The van der Waals surface area contributed by atoms with Gasteiger partial charge in [0.05, 0.1) is 5.41 Å². The summed E-state index contributed by atoms with van der Waals surface area (Å²) in [5.41, 5.74) is -0.663. The lowest BCUT2D eigenvalue weighted by Gasteiger charge is -2.23. The normalized spacial score (nSPS) is 38.6. The molecule has 0 aromatic carbocycles. The predicted molar refractivity (Wildman–Crippen MR) is 74.3 cm³/mol. The molecule has 2 saturated carbocycles. The summed E-state index contributed by atoms with van der Waals surface area (Å²) >= 11 is 0. The van der Waals surface area contributed by atoms with Gasteiger partial charge in [-0.05, 0) is 37.5 Å². The number of carbonyl (C=O) groups excluding carboxylic acids is 1. The van der Waals surface area contributed by atoms with Crippen molar-refractivity contribution >= 4 is 12.0 Å². The average molecular weight is 280 g/mol. The zero-order chi connectivity index (χ0) is 14.3. The van der Waals surface area contributed by atoms with Crippen molar-refractivity contribution in [1.29, 1.82) is 0 Å². The van der Waals surface area contributed by atoms with Crippen LogP contribution in [-0.4, -0.2) is 41.1 Å². The van der Waals surface area contributed by atoms with E-state index in [2.05, 4.69) is 12.2 Å². The number of carboxylic acids is 1. The highest BCUT2D eigenvalue weighted by Crippen LogP contribution is 2.49. The minimum atomic E-state index is -0.717. The van der Waals surface area contributed by atoms with Gasteiger partial charge < -0.3 is 15.3 Å². The van der Waals surface area contributed by atoms with Gasteiger partial charge in [-0.25, -0.2) is 4.79 Å². The fourth-order valence-electron chi connectivity index (χ4n) is 4.16. The number of fused-ring (bicyclic) bond motifs is 1. The molecule has 2 aliphatic carbocycles. The Hall–Kier alpha value is -1.26. The first-order chi connectivity index (χ1) is 9.56. The molecule has 1 heterocycles. The number of likely N-dealkylation sites (tertiary alicyclic amines) is 1. The van der Waals surface area contributed by atoms with Crippen LogP contribution < -0.4 is 5.32 Å². The third-order valence-electron chi connectivity index (χ3n) is 5.47. The van der Waals surface area contributed by atoms with Gasteiger partial charge in [0.2, 0.25) is 0 Å². The van der Waals surface area contributed by atoms with E-state index in [9.17, 15) is 14.7 Å². The predicted octanol–water partition coefficient (Wildman–Crippen LogP) is 2.07. The largest absolute Gasteiger partial charge is 0.481 e. The van der Waals surface area contributed by atoms with Crippen LogP contribution in [0.1, 0.15) is 45.4 Å². The number of hydrogen-bond donors (Lipinski definition) is 2. The van der Waals surface area contributed by atoms with Crippen molar-refractivity contribution in [2.24, 2.45) is 17.3 Å². The Morgan fingerprint density at radius 3 is 2.90 bits per heavy atom. The Balaban J connectivity index is 1.57. The topological polar surface area (TPSA) is 69.6 Å². The van der Waals surface area contributed by atoms with Crippen LogP contribution >= 0.6 is 0 Å². The van der Waals surface area contributed by atoms with E-state index in [1.807, 2.05) is 0 Å². The maximum absolute atomic E-state index is 12.3. The molecule has 1 aliphatic heterocycles. The number of nitrogens with zero attached hydrogens (tertiary/aromatic N) is 1. The average Bonchev–Trinajstić information content (AvgIpc) is 2.85. The van der Waals surface area contributed by atoms with E-state index < -0.39 is 11.4 Å². The van der Waals surface area contributed by atoms with Crippen molar-refractivity contribution in [3.05, 3.63) is 0 Å². The summed E-state index contributed by atoms with van der Waals surface area (Å²) in [7, 11) is 0. The smallest absolute Gasteiger partial charge is 0.317 e. The summed E-state index contributed by atoms with van der Waals surface area (Å²) in [4.78, 5) is 25.6. The lowest BCUT2D eigenvalue weighted by molar-refractivity contribution is -0.149. The van der Waals surface area contributed by atoms with E-state index in [1.165, 1.54) is 6.42 Å². The number of aliphatic carboxylic acids is 1. The van der Waals surface area contributed by atoms with Gasteiger partial charge in [0.1, 0.15) is 0 Å². The number of amides is 2. The highest BCUT2D eigenvalue weighted by Gasteiger charge is 2.56. The zero-order valence-electron chi connectivity index (χ0n) is 12.1. The van der Waals surface area contributed by atoms with Crippen LogP contribution in [-0.2, 0) is 4.79 Å². The molecule has 0 aromatic rings. The van der Waals surface area contributed by atoms with E-state index in [1.54, 1.807) is 4.90 Å². The maximum Gasteiger partial charge on any atom is 0.317 e. The number of carboxylic acid groups (broad SMARTS) is 1. The second-order valence-electron chi connectivity index (χ2n) is 6.77. The Morgan fingerprint density at radius 1 is 1.45 bits per heavy atom. The summed E-state index contributed by atoms with van der Waals surface area (Å²) in [6, 6.07) is 0.271. The molecular formula is C15H24N2O3. The molecule has 5 nitrogen and oxygen atoms in total. The lowest BCUT2D eigenvalue weighted by atomic mass is 9.81. The van der Waals surface area contributed by atoms with Gasteiger partial charge in [0.15, 0.2) is 0 Å². The molecule has 0 unspecified atom stereocenters. The molecule has 3 rings (SSSR count). The molecular weight excluding hydrogens is 256 g/mol. The van der Waals surface area contributed by atoms with Gasteiger partial charge in [-0.2, -0.15) is 0 Å². The fourth-order valence-corrected chi connectivity index (χ4v) is 4.16. The molecule has 1 saturated heterocycles. The molecule has 0 bridgehead atoms. The fraction of sp³-hybridized carbons (Fsp3) is 0.867. The summed E-state index contributed by atoms with van der Waals surface area (Å²) in [6.45, 7) is 3.17. The van der Waals surface area contributed by atoms with Crippen molar-refractivity contribution in [3.63, 3.8) is 0 Å². The number of urea groups is 1. The standard InChI is InChI=1S/C15H24N2O3/c1-2-4-10-7-12(10)16-14(20)17-8-11-5-3-6-15(11,9-17)13(18)19/h10-12H,2-9H2,1H3,(H,16,20)(H,18,19)/t10-,11+,12-,15-/m1/s1. The Labute approximate surface area is 119 Å². The van der Waals surface area contributed by atoms with Crippen LogP contribution in [0.4, 0.5) is 4.79 Å². The molecule has 0 radical (unpaired) electrons. The van der Waals surface area contributed by atoms with Crippen molar-refractivity contribution in [1.82, 2.24) is 10.2 Å². The van der Waals surface area contributed by atoms with E-state index in [4.69, 9.17) is 0 Å². The molecule has 4 atom stereocenters. The van der Waals surface area contributed by atoms with Gasteiger partial charge in [-0.3, -0.25) is 4.79 Å². The first kappa shape index (κ1) is 13.7. The van der Waals surface area contributed by atoms with Crippen molar-refractivity contribution < 1.29 is 14.7 Å². The van der Waals surface area contributed by atoms with E-state index >= 15 is 0 Å². The highest BCUT2D eigenvalue weighted by molar-refractivity contribution is 5.80. The first-order valence-electron chi connectivity index (χ1n) is 7.85. The van der Waals surface area contributed by atoms with E-state index in [0.29, 0.717) is 25.0 Å². The molecule has 5 heteroatoms. The number of hydrogen-bond acceptors (Lipinski definition) is 2. The summed E-state index contributed by atoms with van der Waals surface area (Å²) < 4.78 is 0. The number of nitrogens with one attached hydrogen (secondary N) is 1. The monoisotopic (exact) mass is 280 g/mol. The van der Waals surface area contributed by atoms with Gasteiger partial charge in [0, 0.05) is 19.1 Å². The molecule has 0 spiro atoms. The van der Waals surface area contributed by atoms with Crippen molar-refractivity contribution in [3.8, 4) is 0 Å². The highest BCUT2D eigenvalue weighted by atomic mass is 16.4. The molecule has 3 fully saturated rings. The number of rotatable bonds is 4. The summed E-state index contributed by atoms with van der Waals surface area (Å²) in [5, 5.41) is 12.6. The molecule has 2 amide bonds. The Morgan fingerprint density at radius 2 is 2.25 bits per heavy atom. The second kappa shape index (κ2) is 4.93. The SMILES string of the molecule is CCC[C@@H]1C[C@H]1NC(=O)N1C[C@@H]2CCC[C@@]2(C(=O)O)C1. The van der Waals surface area contributed by atoms with Crippen LogP contribution in [0.2, 0.25) is 0 Å². The van der Waals surface area contributed by atoms with Crippen LogP contribution in [0.15, 0.2) is 0 Å². The van der Waals surface area contributed by atoms with Crippen LogP contribution in [0.5, 0.6) is 0 Å². The maximum atomic E-state index is 12.3. The summed E-state index contributed by atoms with van der Waals surface area (Å²) in [5.74, 6) is 0.0708. The summed E-state index contributed by atoms with van der Waals surface area (Å²) in [6.07, 6.45) is 6.06. The quantitative estimate of drug-likeness (QED) is 0.828. The van der Waals surface area contributed by atoms with Crippen LogP contribution in [0.3, 0.4) is 0 Å². The zero-order valence-corrected chi connectivity index (χ0v) is 12.1. The van der Waals surface area contributed by atoms with Crippen molar-refractivity contribution in [2.75, 3.05) is 13.1 Å². The van der Waals surface area contributed by atoms with E-state index in [0.717, 1.165) is 32.1 Å². The minimum Gasteiger partial charge on any atom is -0.481 e. The molecule has 20 heavy (non-hydrogen) atoms. The van der Waals surface area contributed by atoms with Crippen LogP contribution in [0, 0.1) is 17.3 Å². The molecule has 0 aromatic heterocycles. The third kappa shape index (κ3) is 2.17. The van der Waals surface area contributed by atoms with Crippen LogP contribution in [0.25, 0.3) is 0 Å². The Bertz CT molecular complexity index is 425.